The van der Waals surface area contributed by atoms with Crippen molar-refractivity contribution in [3.8, 4) is 17.2 Å². The summed E-state index contributed by atoms with van der Waals surface area (Å²) in [5, 5.41) is 3.21. The average molecular weight is 579 g/mol. The third kappa shape index (κ3) is 5.00. The number of halogens is 3. The molecule has 0 bridgehead atoms. The molecule has 0 unspecified atom stereocenters. The summed E-state index contributed by atoms with van der Waals surface area (Å²) < 4.78 is 13.3. The first-order valence-electron chi connectivity index (χ1n) is 9.91. The maximum atomic E-state index is 12.5. The van der Waals surface area contributed by atoms with Crippen LogP contribution in [0.25, 0.3) is 22.6 Å². The molecule has 0 radical (unpaired) electrons. The largest absolute Gasteiger partial charge is 0.482 e. The number of anilines is 1. The van der Waals surface area contributed by atoms with Crippen molar-refractivity contribution >= 4 is 66.2 Å². The summed E-state index contributed by atoms with van der Waals surface area (Å²) in [6.45, 7) is 3.84. The van der Waals surface area contributed by atoms with E-state index in [1.807, 2.05) is 43.3 Å². The number of benzene rings is 3. The van der Waals surface area contributed by atoms with E-state index < -0.39 is 0 Å². The fourth-order valence-electron chi connectivity index (χ4n) is 3.27. The molecule has 0 aliphatic rings. The van der Waals surface area contributed by atoms with Crippen LogP contribution >= 0.6 is 43.5 Å². The summed E-state index contributed by atoms with van der Waals surface area (Å²) in [5.41, 5.74) is 4.77. The minimum absolute atomic E-state index is 0.162. The SMILES string of the molecule is CCc1ccc2oc(-c3ccc(Cl)c(NC(=O)COc4c(C)cc(Br)cc4Br)c3)nc2c1. The molecule has 0 saturated carbocycles. The summed E-state index contributed by atoms with van der Waals surface area (Å²) in [4.78, 5) is 17.1. The van der Waals surface area contributed by atoms with Gasteiger partial charge in [0.05, 0.1) is 15.2 Å². The lowest BCUT2D eigenvalue weighted by Gasteiger charge is -2.13. The quantitative estimate of drug-likeness (QED) is 0.256. The van der Waals surface area contributed by atoms with Crippen molar-refractivity contribution in [1.29, 1.82) is 0 Å². The Bertz CT molecular complexity index is 1300. The molecule has 0 atom stereocenters. The predicted molar refractivity (Wildman–Crippen MR) is 135 cm³/mol. The van der Waals surface area contributed by atoms with Gasteiger partial charge in [0, 0.05) is 10.0 Å². The molecule has 4 aromatic rings. The second-order valence-corrected chi connectivity index (χ2v) is 9.42. The third-order valence-corrected chi connectivity index (χ3v) is 6.27. The van der Waals surface area contributed by atoms with Crippen molar-refractivity contribution in [3.63, 3.8) is 0 Å². The van der Waals surface area contributed by atoms with E-state index in [2.05, 4.69) is 49.1 Å². The highest BCUT2D eigenvalue weighted by molar-refractivity contribution is 9.11. The molecule has 4 rings (SSSR count). The van der Waals surface area contributed by atoms with E-state index in [1.165, 1.54) is 5.56 Å². The van der Waals surface area contributed by atoms with Gasteiger partial charge in [0.15, 0.2) is 12.2 Å². The van der Waals surface area contributed by atoms with Crippen LogP contribution in [0.15, 0.2) is 61.9 Å². The monoisotopic (exact) mass is 576 g/mol. The van der Waals surface area contributed by atoms with E-state index in [-0.39, 0.29) is 12.5 Å². The zero-order chi connectivity index (χ0) is 22.8. The van der Waals surface area contributed by atoms with E-state index in [0.717, 1.165) is 26.4 Å². The van der Waals surface area contributed by atoms with Gasteiger partial charge in [-0.15, -0.1) is 0 Å². The first-order chi connectivity index (χ1) is 15.3. The van der Waals surface area contributed by atoms with Crippen molar-refractivity contribution < 1.29 is 13.9 Å². The summed E-state index contributed by atoms with van der Waals surface area (Å²) in [6, 6.07) is 15.0. The number of hydrogen-bond donors (Lipinski definition) is 1. The maximum absolute atomic E-state index is 12.5. The average Bonchev–Trinajstić information content (AvgIpc) is 3.17. The van der Waals surface area contributed by atoms with Gasteiger partial charge >= 0.3 is 0 Å². The number of nitrogens with one attached hydrogen (secondary N) is 1. The molecule has 0 fully saturated rings. The highest BCUT2D eigenvalue weighted by Gasteiger charge is 2.14. The predicted octanol–water partition coefficient (Wildman–Crippen LogP) is 7.56. The first kappa shape index (κ1) is 22.8. The minimum Gasteiger partial charge on any atom is -0.482 e. The van der Waals surface area contributed by atoms with E-state index in [1.54, 1.807) is 12.1 Å². The van der Waals surface area contributed by atoms with Crippen LogP contribution in [0.2, 0.25) is 5.02 Å². The molecule has 0 saturated heterocycles. The van der Waals surface area contributed by atoms with Crippen LogP contribution in [-0.4, -0.2) is 17.5 Å². The number of oxazole rings is 1. The van der Waals surface area contributed by atoms with Crippen LogP contribution in [0.4, 0.5) is 5.69 Å². The Morgan fingerprint density at radius 1 is 1.16 bits per heavy atom. The highest BCUT2D eigenvalue weighted by atomic mass is 79.9. The summed E-state index contributed by atoms with van der Waals surface area (Å²) in [5.74, 6) is 0.746. The highest BCUT2D eigenvalue weighted by Crippen LogP contribution is 2.33. The number of hydrogen-bond acceptors (Lipinski definition) is 4. The zero-order valence-corrected chi connectivity index (χ0v) is 21.3. The summed E-state index contributed by atoms with van der Waals surface area (Å²) in [6.07, 6.45) is 0.924. The second kappa shape index (κ2) is 9.65. The van der Waals surface area contributed by atoms with Crippen molar-refractivity contribution in [3.05, 3.63) is 73.6 Å². The molecular weight excluding hydrogens is 560 g/mol. The molecule has 0 aliphatic carbocycles. The minimum atomic E-state index is -0.330. The standard InChI is InChI=1S/C24H19Br2ClN2O3/c1-3-14-4-7-21-20(9-14)29-24(32-21)15-5-6-18(27)19(10-15)28-22(30)12-31-23-13(2)8-16(25)11-17(23)26/h4-11H,3,12H2,1-2H3,(H,28,30). The first-order valence-corrected chi connectivity index (χ1v) is 11.9. The smallest absolute Gasteiger partial charge is 0.262 e. The van der Waals surface area contributed by atoms with Crippen LogP contribution in [0.3, 0.4) is 0 Å². The molecule has 0 aliphatic heterocycles. The molecule has 32 heavy (non-hydrogen) atoms. The molecule has 1 heterocycles. The van der Waals surface area contributed by atoms with Crippen LogP contribution in [-0.2, 0) is 11.2 Å². The van der Waals surface area contributed by atoms with Crippen LogP contribution in [0.1, 0.15) is 18.1 Å². The molecule has 5 nitrogen and oxygen atoms in total. The number of aromatic nitrogens is 1. The Morgan fingerprint density at radius 3 is 2.72 bits per heavy atom. The fourth-order valence-corrected chi connectivity index (χ4v) is 4.98. The molecule has 1 N–H and O–H groups in total. The fraction of sp³-hybridized carbons (Fsp3) is 0.167. The number of fused-ring (bicyclic) bond motifs is 1. The second-order valence-electron chi connectivity index (χ2n) is 7.24. The summed E-state index contributed by atoms with van der Waals surface area (Å²) >= 11 is 13.2. The van der Waals surface area contributed by atoms with Crippen LogP contribution in [0, 0.1) is 6.92 Å². The van der Waals surface area contributed by atoms with Gasteiger partial charge in [-0.1, -0.05) is 40.5 Å². The number of aryl methyl sites for hydroxylation is 2. The lowest BCUT2D eigenvalue weighted by Crippen LogP contribution is -2.20. The van der Waals surface area contributed by atoms with Gasteiger partial charge in [-0.05, 0) is 82.9 Å². The Morgan fingerprint density at radius 2 is 1.97 bits per heavy atom. The number of ether oxygens (including phenoxy) is 1. The molecule has 164 valence electrons. The van der Waals surface area contributed by atoms with E-state index >= 15 is 0 Å². The van der Waals surface area contributed by atoms with E-state index in [4.69, 9.17) is 20.8 Å². The van der Waals surface area contributed by atoms with Crippen molar-refractivity contribution in [2.24, 2.45) is 0 Å². The van der Waals surface area contributed by atoms with Crippen LogP contribution < -0.4 is 10.1 Å². The number of carbonyl (C=O) groups is 1. The number of rotatable bonds is 6. The van der Waals surface area contributed by atoms with Crippen molar-refractivity contribution in [1.82, 2.24) is 4.98 Å². The third-order valence-electron chi connectivity index (χ3n) is 4.89. The van der Waals surface area contributed by atoms with E-state index in [9.17, 15) is 4.79 Å². The topological polar surface area (TPSA) is 64.4 Å². The number of amides is 1. The summed E-state index contributed by atoms with van der Waals surface area (Å²) in [7, 11) is 0. The van der Waals surface area contributed by atoms with E-state index in [0.29, 0.717) is 33.5 Å². The van der Waals surface area contributed by atoms with Gasteiger partial charge in [0.1, 0.15) is 11.3 Å². The van der Waals surface area contributed by atoms with Gasteiger partial charge in [0.25, 0.3) is 5.91 Å². The molecule has 8 heteroatoms. The molecule has 1 aromatic heterocycles. The van der Waals surface area contributed by atoms with Gasteiger partial charge in [-0.25, -0.2) is 4.98 Å². The Labute approximate surface area is 207 Å². The Balaban J connectivity index is 1.51. The van der Waals surface area contributed by atoms with Crippen molar-refractivity contribution in [2.45, 2.75) is 20.3 Å². The van der Waals surface area contributed by atoms with Gasteiger partial charge < -0.3 is 14.5 Å². The normalized spacial score (nSPS) is 11.0. The maximum Gasteiger partial charge on any atom is 0.262 e. The lowest BCUT2D eigenvalue weighted by molar-refractivity contribution is -0.118. The van der Waals surface area contributed by atoms with Gasteiger partial charge in [0.2, 0.25) is 5.89 Å². The van der Waals surface area contributed by atoms with Gasteiger partial charge in [-0.2, -0.15) is 0 Å². The lowest BCUT2D eigenvalue weighted by atomic mass is 10.1. The van der Waals surface area contributed by atoms with Crippen molar-refractivity contribution in [2.75, 3.05) is 11.9 Å². The van der Waals surface area contributed by atoms with Crippen LogP contribution in [0.5, 0.6) is 5.75 Å². The molecule has 1 amide bonds. The van der Waals surface area contributed by atoms with Gasteiger partial charge in [-0.3, -0.25) is 4.79 Å². The molecular formula is C24H19Br2ClN2O3. The number of nitrogens with zero attached hydrogens (tertiary/aromatic N) is 1. The Kier molecular flexibility index (Phi) is 6.88. The molecule has 3 aromatic carbocycles. The zero-order valence-electron chi connectivity index (χ0n) is 17.3. The Hall–Kier alpha value is -2.35. The number of carbonyl (C=O) groups excluding carboxylic acids is 1. The molecule has 0 spiro atoms.